The molecule has 25 heavy (non-hydrogen) atoms. The highest BCUT2D eigenvalue weighted by Gasteiger charge is 2.07. The van der Waals surface area contributed by atoms with Gasteiger partial charge in [0, 0.05) is 23.9 Å². The highest BCUT2D eigenvalue weighted by atomic mass is 16.6. The van der Waals surface area contributed by atoms with Crippen LogP contribution < -0.4 is 14.8 Å². The minimum atomic E-state index is -0.501. The minimum Gasteiger partial charge on any atom is -0.489 e. The molecule has 7 heteroatoms. The van der Waals surface area contributed by atoms with E-state index in [2.05, 4.69) is 11.9 Å². The summed E-state index contributed by atoms with van der Waals surface area (Å²) in [6.45, 7) is 5.81. The van der Waals surface area contributed by atoms with Crippen LogP contribution in [0.2, 0.25) is 0 Å². The Morgan fingerprint density at radius 1 is 1.12 bits per heavy atom. The van der Waals surface area contributed by atoms with Crippen LogP contribution in [0, 0.1) is 10.1 Å². The van der Waals surface area contributed by atoms with Gasteiger partial charge >= 0.3 is 0 Å². The van der Waals surface area contributed by atoms with Crippen LogP contribution in [0.5, 0.6) is 11.5 Å². The largest absolute Gasteiger partial charge is 0.489 e. The number of rotatable bonds is 8. The van der Waals surface area contributed by atoms with Crippen LogP contribution in [-0.2, 0) is 4.79 Å². The van der Waals surface area contributed by atoms with Gasteiger partial charge in [-0.2, -0.15) is 0 Å². The van der Waals surface area contributed by atoms with Gasteiger partial charge < -0.3 is 14.8 Å². The van der Waals surface area contributed by atoms with E-state index >= 15 is 0 Å². The van der Waals surface area contributed by atoms with E-state index in [4.69, 9.17) is 9.47 Å². The van der Waals surface area contributed by atoms with Gasteiger partial charge in [-0.1, -0.05) is 12.6 Å². The second-order valence-corrected chi connectivity index (χ2v) is 5.36. The SMILES string of the molecule is C=C(C)COc1cccc(NC(=O)COc2ccc([N+](=O)[O-])cc2)c1. The summed E-state index contributed by atoms with van der Waals surface area (Å²) in [5.41, 5.74) is 1.44. The molecule has 0 aliphatic carbocycles. The standard InChI is InChI=1S/C18H18N2O5/c1-13(2)11-24-17-5-3-4-14(10-17)19-18(21)12-25-16-8-6-15(7-9-16)20(22)23/h3-10H,1,11-12H2,2H3,(H,19,21). The van der Waals surface area contributed by atoms with Gasteiger partial charge in [0.25, 0.3) is 11.6 Å². The molecule has 0 aliphatic rings. The third-order valence-corrected chi connectivity index (χ3v) is 3.02. The van der Waals surface area contributed by atoms with Crippen LogP contribution in [0.25, 0.3) is 0 Å². The van der Waals surface area contributed by atoms with Crippen LogP contribution >= 0.6 is 0 Å². The minimum absolute atomic E-state index is 0.0385. The number of nitro benzene ring substituents is 1. The highest BCUT2D eigenvalue weighted by molar-refractivity contribution is 5.92. The van der Waals surface area contributed by atoms with Crippen LogP contribution in [0.3, 0.4) is 0 Å². The Morgan fingerprint density at radius 2 is 1.80 bits per heavy atom. The van der Waals surface area contributed by atoms with Gasteiger partial charge in [-0.25, -0.2) is 0 Å². The number of non-ortho nitro benzene ring substituents is 1. The van der Waals surface area contributed by atoms with Crippen molar-refractivity contribution in [2.75, 3.05) is 18.5 Å². The highest BCUT2D eigenvalue weighted by Crippen LogP contribution is 2.19. The van der Waals surface area contributed by atoms with E-state index in [1.807, 2.05) is 6.92 Å². The Kier molecular flexibility index (Phi) is 6.11. The van der Waals surface area contributed by atoms with E-state index in [0.29, 0.717) is 23.8 Å². The maximum Gasteiger partial charge on any atom is 0.269 e. The molecule has 130 valence electrons. The summed E-state index contributed by atoms with van der Waals surface area (Å²) in [7, 11) is 0. The smallest absolute Gasteiger partial charge is 0.269 e. The number of amides is 1. The molecule has 0 fully saturated rings. The first-order valence-corrected chi connectivity index (χ1v) is 7.48. The van der Waals surface area contributed by atoms with E-state index in [0.717, 1.165) is 5.57 Å². The Morgan fingerprint density at radius 3 is 2.44 bits per heavy atom. The number of nitrogens with one attached hydrogen (secondary N) is 1. The van der Waals surface area contributed by atoms with Crippen molar-refractivity contribution in [2.45, 2.75) is 6.92 Å². The Labute approximate surface area is 145 Å². The molecule has 0 unspecified atom stereocenters. The molecule has 2 rings (SSSR count). The van der Waals surface area contributed by atoms with Crippen molar-refractivity contribution in [3.8, 4) is 11.5 Å². The molecule has 7 nitrogen and oxygen atoms in total. The average Bonchev–Trinajstić information content (AvgIpc) is 2.59. The predicted octanol–water partition coefficient (Wildman–Crippen LogP) is 3.57. The fraction of sp³-hybridized carbons (Fsp3) is 0.167. The first-order valence-electron chi connectivity index (χ1n) is 7.48. The summed E-state index contributed by atoms with van der Waals surface area (Å²) in [5, 5.41) is 13.3. The molecular weight excluding hydrogens is 324 g/mol. The van der Waals surface area contributed by atoms with E-state index < -0.39 is 4.92 Å². The lowest BCUT2D eigenvalue weighted by atomic mass is 10.3. The number of hydrogen-bond donors (Lipinski definition) is 1. The summed E-state index contributed by atoms with van der Waals surface area (Å²) in [6.07, 6.45) is 0. The van der Waals surface area contributed by atoms with Crippen molar-refractivity contribution in [1.82, 2.24) is 0 Å². The van der Waals surface area contributed by atoms with Gasteiger partial charge in [0.2, 0.25) is 0 Å². The van der Waals surface area contributed by atoms with E-state index in [1.165, 1.54) is 24.3 Å². The molecule has 0 saturated carbocycles. The predicted molar refractivity (Wildman–Crippen MR) is 94.0 cm³/mol. The molecule has 2 aromatic rings. The van der Waals surface area contributed by atoms with Crippen molar-refractivity contribution in [2.24, 2.45) is 0 Å². The number of nitro groups is 1. The molecule has 0 heterocycles. The van der Waals surface area contributed by atoms with Crippen LogP contribution in [-0.4, -0.2) is 24.0 Å². The molecular formula is C18H18N2O5. The van der Waals surface area contributed by atoms with Gasteiger partial charge in [-0.05, 0) is 36.8 Å². The van der Waals surface area contributed by atoms with Crippen molar-refractivity contribution in [1.29, 1.82) is 0 Å². The molecule has 0 aromatic heterocycles. The van der Waals surface area contributed by atoms with Gasteiger partial charge in [0.1, 0.15) is 18.1 Å². The number of carbonyl (C=O) groups is 1. The lowest BCUT2D eigenvalue weighted by Crippen LogP contribution is -2.20. The first-order chi connectivity index (χ1) is 11.9. The second-order valence-electron chi connectivity index (χ2n) is 5.36. The van der Waals surface area contributed by atoms with Gasteiger partial charge in [0.15, 0.2) is 6.61 Å². The topological polar surface area (TPSA) is 90.7 Å². The molecule has 0 spiro atoms. The number of carbonyl (C=O) groups excluding carboxylic acids is 1. The molecule has 0 atom stereocenters. The Bertz CT molecular complexity index is 771. The number of benzene rings is 2. The lowest BCUT2D eigenvalue weighted by Gasteiger charge is -2.10. The van der Waals surface area contributed by atoms with Crippen molar-refractivity contribution in [3.05, 3.63) is 70.8 Å². The molecule has 1 amide bonds. The Balaban J connectivity index is 1.86. The number of ether oxygens (including phenoxy) is 2. The molecule has 0 saturated heterocycles. The maximum atomic E-state index is 11.9. The van der Waals surface area contributed by atoms with Crippen molar-refractivity contribution in [3.63, 3.8) is 0 Å². The number of nitrogens with zero attached hydrogens (tertiary/aromatic N) is 1. The molecule has 0 bridgehead atoms. The number of hydrogen-bond acceptors (Lipinski definition) is 5. The molecule has 0 radical (unpaired) electrons. The van der Waals surface area contributed by atoms with Crippen LogP contribution in [0.15, 0.2) is 60.7 Å². The normalized spacial score (nSPS) is 9.96. The van der Waals surface area contributed by atoms with Crippen LogP contribution in [0.1, 0.15) is 6.92 Å². The summed E-state index contributed by atoms with van der Waals surface area (Å²) in [4.78, 5) is 22.0. The number of anilines is 1. The average molecular weight is 342 g/mol. The van der Waals surface area contributed by atoms with Gasteiger partial charge in [-0.3, -0.25) is 14.9 Å². The first kappa shape index (κ1) is 18.0. The fourth-order valence-corrected chi connectivity index (χ4v) is 1.88. The zero-order valence-corrected chi connectivity index (χ0v) is 13.7. The van der Waals surface area contributed by atoms with Crippen LogP contribution in [0.4, 0.5) is 11.4 Å². The molecule has 0 aliphatic heterocycles. The van der Waals surface area contributed by atoms with E-state index in [9.17, 15) is 14.9 Å². The summed E-state index contributed by atoms with van der Waals surface area (Å²) >= 11 is 0. The van der Waals surface area contributed by atoms with E-state index in [-0.39, 0.29) is 18.2 Å². The van der Waals surface area contributed by atoms with Crippen molar-refractivity contribution >= 4 is 17.3 Å². The summed E-state index contributed by atoms with van der Waals surface area (Å²) in [5.74, 6) is 0.645. The van der Waals surface area contributed by atoms with Crippen molar-refractivity contribution < 1.29 is 19.2 Å². The quantitative estimate of drug-likeness (QED) is 0.450. The summed E-state index contributed by atoms with van der Waals surface area (Å²) in [6, 6.07) is 12.5. The third kappa shape index (κ3) is 5.98. The molecule has 1 N–H and O–H groups in total. The zero-order valence-electron chi connectivity index (χ0n) is 13.7. The van der Waals surface area contributed by atoms with Gasteiger partial charge in [0.05, 0.1) is 4.92 Å². The molecule has 2 aromatic carbocycles. The third-order valence-electron chi connectivity index (χ3n) is 3.02. The fourth-order valence-electron chi connectivity index (χ4n) is 1.88. The lowest BCUT2D eigenvalue weighted by molar-refractivity contribution is -0.384. The second kappa shape index (κ2) is 8.49. The summed E-state index contributed by atoms with van der Waals surface area (Å²) < 4.78 is 10.8. The van der Waals surface area contributed by atoms with Gasteiger partial charge in [-0.15, -0.1) is 0 Å². The zero-order chi connectivity index (χ0) is 18.2. The van der Waals surface area contributed by atoms with E-state index in [1.54, 1.807) is 24.3 Å². The Hall–Kier alpha value is -3.35. The monoisotopic (exact) mass is 342 g/mol. The maximum absolute atomic E-state index is 11.9.